The highest BCUT2D eigenvalue weighted by Crippen LogP contribution is 2.25. The van der Waals surface area contributed by atoms with Crippen LogP contribution in [0.5, 0.6) is 0 Å². The van der Waals surface area contributed by atoms with Crippen LogP contribution in [0, 0.1) is 5.82 Å². The van der Waals surface area contributed by atoms with Gasteiger partial charge in [-0.3, -0.25) is 0 Å². The third-order valence-electron chi connectivity index (χ3n) is 2.46. The van der Waals surface area contributed by atoms with E-state index in [1.54, 1.807) is 24.3 Å². The van der Waals surface area contributed by atoms with Crippen LogP contribution in [0.4, 0.5) is 4.39 Å². The highest BCUT2D eigenvalue weighted by molar-refractivity contribution is 9.11. The van der Waals surface area contributed by atoms with Crippen molar-refractivity contribution in [2.45, 2.75) is 10.6 Å². The topological polar surface area (TPSA) is 46.2 Å². The van der Waals surface area contributed by atoms with Gasteiger partial charge >= 0.3 is 0 Å². The van der Waals surface area contributed by atoms with Gasteiger partial charge in [0.2, 0.25) is 10.0 Å². The van der Waals surface area contributed by atoms with Crippen molar-refractivity contribution < 1.29 is 12.8 Å². The van der Waals surface area contributed by atoms with Gasteiger partial charge in [0.15, 0.2) is 0 Å². The van der Waals surface area contributed by atoms with Crippen LogP contribution in [0.1, 0.15) is 5.56 Å². The fourth-order valence-corrected chi connectivity index (χ4v) is 4.62. The van der Waals surface area contributed by atoms with Crippen molar-refractivity contribution in [2.24, 2.45) is 0 Å². The largest absolute Gasteiger partial charge is 0.250 e. The number of sulfonamides is 1. The van der Waals surface area contributed by atoms with Crippen LogP contribution in [-0.4, -0.2) is 15.0 Å². The summed E-state index contributed by atoms with van der Waals surface area (Å²) in [5.74, 6) is -0.319. The van der Waals surface area contributed by atoms with Crippen LogP contribution < -0.4 is 4.72 Å². The average Bonchev–Trinajstić information content (AvgIpc) is 2.79. The zero-order valence-corrected chi connectivity index (χ0v) is 13.0. The molecule has 2 aromatic rings. The molecule has 2 rings (SSSR count). The normalized spacial score (nSPS) is 11.7. The highest BCUT2D eigenvalue weighted by atomic mass is 79.9. The summed E-state index contributed by atoms with van der Waals surface area (Å²) in [7, 11) is -3.51. The SMILES string of the molecule is O=S(=O)(NCCc1ccccc1F)c1ccc(Br)s1. The van der Waals surface area contributed by atoms with Gasteiger partial charge in [-0.2, -0.15) is 0 Å². The summed E-state index contributed by atoms with van der Waals surface area (Å²) >= 11 is 4.35. The lowest BCUT2D eigenvalue weighted by atomic mass is 10.1. The molecule has 1 N–H and O–H groups in total. The number of thiophene rings is 1. The number of halogens is 2. The van der Waals surface area contributed by atoms with Crippen molar-refractivity contribution in [2.75, 3.05) is 6.54 Å². The fraction of sp³-hybridized carbons (Fsp3) is 0.167. The molecule has 7 heteroatoms. The molecule has 1 heterocycles. The second-order valence-electron chi connectivity index (χ2n) is 3.80. The van der Waals surface area contributed by atoms with E-state index in [1.807, 2.05) is 0 Å². The fourth-order valence-electron chi connectivity index (χ4n) is 1.53. The summed E-state index contributed by atoms with van der Waals surface area (Å²) in [6, 6.07) is 9.54. The van der Waals surface area contributed by atoms with Crippen LogP contribution in [-0.2, 0) is 16.4 Å². The molecule has 3 nitrogen and oxygen atoms in total. The van der Waals surface area contributed by atoms with E-state index in [4.69, 9.17) is 0 Å². The average molecular weight is 364 g/mol. The first-order valence-corrected chi connectivity index (χ1v) is 8.57. The van der Waals surface area contributed by atoms with Gasteiger partial charge in [-0.15, -0.1) is 11.3 Å². The first-order chi connectivity index (χ1) is 8.99. The minimum Gasteiger partial charge on any atom is -0.210 e. The molecule has 19 heavy (non-hydrogen) atoms. The Labute approximate surface area is 123 Å². The van der Waals surface area contributed by atoms with Crippen LogP contribution in [0.2, 0.25) is 0 Å². The summed E-state index contributed by atoms with van der Waals surface area (Å²) in [4.78, 5) is 0. The molecule has 0 saturated heterocycles. The summed E-state index contributed by atoms with van der Waals surface area (Å²) in [6.07, 6.45) is 0.318. The maximum Gasteiger partial charge on any atom is 0.250 e. The zero-order valence-electron chi connectivity index (χ0n) is 9.77. The molecule has 0 radical (unpaired) electrons. The molecular weight excluding hydrogens is 353 g/mol. The Morgan fingerprint density at radius 1 is 1.21 bits per heavy atom. The monoisotopic (exact) mass is 363 g/mol. The first-order valence-electron chi connectivity index (χ1n) is 5.47. The van der Waals surface area contributed by atoms with Gasteiger partial charge in [-0.1, -0.05) is 18.2 Å². The standard InChI is InChI=1S/C12H11BrFNO2S2/c13-11-5-6-12(18-11)19(16,17)15-8-7-9-3-1-2-4-10(9)14/h1-6,15H,7-8H2. The van der Waals surface area contributed by atoms with Gasteiger partial charge in [0.1, 0.15) is 10.0 Å². The van der Waals surface area contributed by atoms with Crippen molar-refractivity contribution in [1.29, 1.82) is 0 Å². The number of hydrogen-bond donors (Lipinski definition) is 1. The molecule has 0 aliphatic rings. The molecule has 0 spiro atoms. The number of benzene rings is 1. The molecule has 0 atom stereocenters. The Morgan fingerprint density at radius 3 is 2.58 bits per heavy atom. The minimum atomic E-state index is -3.51. The summed E-state index contributed by atoms with van der Waals surface area (Å²) < 4.78 is 40.6. The van der Waals surface area contributed by atoms with E-state index in [9.17, 15) is 12.8 Å². The quantitative estimate of drug-likeness (QED) is 0.886. The molecule has 0 bridgehead atoms. The van der Waals surface area contributed by atoms with Crippen LogP contribution >= 0.6 is 27.3 Å². The third kappa shape index (κ3) is 3.85. The lowest BCUT2D eigenvalue weighted by Crippen LogP contribution is -2.25. The number of hydrogen-bond acceptors (Lipinski definition) is 3. The van der Waals surface area contributed by atoms with Crippen LogP contribution in [0.25, 0.3) is 0 Å². The Hall–Kier alpha value is -0.760. The van der Waals surface area contributed by atoms with Crippen molar-refractivity contribution in [3.05, 3.63) is 51.6 Å². The molecule has 102 valence electrons. The molecule has 1 aromatic carbocycles. The molecule has 0 fully saturated rings. The molecular formula is C12H11BrFNO2S2. The van der Waals surface area contributed by atoms with Gasteiger partial charge in [0.25, 0.3) is 0 Å². The maximum absolute atomic E-state index is 13.4. The summed E-state index contributed by atoms with van der Waals surface area (Å²) in [5.41, 5.74) is 0.498. The highest BCUT2D eigenvalue weighted by Gasteiger charge is 2.15. The second-order valence-corrected chi connectivity index (χ2v) is 8.25. The Morgan fingerprint density at radius 2 is 1.95 bits per heavy atom. The number of rotatable bonds is 5. The zero-order chi connectivity index (χ0) is 13.9. The Kier molecular flexibility index (Phi) is 4.72. The van der Waals surface area contributed by atoms with Gasteiger partial charge in [0, 0.05) is 6.54 Å². The predicted octanol–water partition coefficient (Wildman–Crippen LogP) is 3.17. The smallest absolute Gasteiger partial charge is 0.210 e. The van der Waals surface area contributed by atoms with E-state index >= 15 is 0 Å². The minimum absolute atomic E-state index is 0.165. The van der Waals surface area contributed by atoms with Crippen molar-refractivity contribution in [1.82, 2.24) is 4.72 Å². The molecule has 0 saturated carbocycles. The van der Waals surface area contributed by atoms with Gasteiger partial charge in [-0.25, -0.2) is 17.5 Å². The van der Waals surface area contributed by atoms with Crippen molar-refractivity contribution in [3.63, 3.8) is 0 Å². The Balaban J connectivity index is 1.98. The number of nitrogens with one attached hydrogen (secondary N) is 1. The Bertz CT molecular complexity index is 670. The third-order valence-corrected chi connectivity index (χ3v) is 6.03. The van der Waals surface area contributed by atoms with E-state index in [0.717, 1.165) is 15.1 Å². The summed E-state index contributed by atoms with van der Waals surface area (Å²) in [5, 5.41) is 0. The predicted molar refractivity (Wildman–Crippen MR) is 77.3 cm³/mol. The van der Waals surface area contributed by atoms with Crippen LogP contribution in [0.3, 0.4) is 0 Å². The van der Waals surface area contributed by atoms with Crippen LogP contribution in [0.15, 0.2) is 44.4 Å². The molecule has 0 amide bonds. The van der Waals surface area contributed by atoms with E-state index < -0.39 is 10.0 Å². The summed E-state index contributed by atoms with van der Waals surface area (Å²) in [6.45, 7) is 0.165. The van der Waals surface area contributed by atoms with E-state index in [2.05, 4.69) is 20.7 Å². The van der Waals surface area contributed by atoms with Gasteiger partial charge in [-0.05, 0) is 46.1 Å². The van der Waals surface area contributed by atoms with Gasteiger partial charge in [0.05, 0.1) is 3.79 Å². The first kappa shape index (κ1) is 14.6. The van der Waals surface area contributed by atoms with Crippen molar-refractivity contribution >= 4 is 37.3 Å². The molecule has 0 aliphatic heterocycles. The van der Waals surface area contributed by atoms with E-state index in [0.29, 0.717) is 12.0 Å². The maximum atomic E-state index is 13.4. The molecule has 0 aliphatic carbocycles. The van der Waals surface area contributed by atoms with Crippen molar-refractivity contribution in [3.8, 4) is 0 Å². The second kappa shape index (κ2) is 6.13. The lowest BCUT2D eigenvalue weighted by Gasteiger charge is -2.05. The van der Waals surface area contributed by atoms with E-state index in [1.165, 1.54) is 12.1 Å². The molecule has 1 aromatic heterocycles. The molecule has 0 unspecified atom stereocenters. The van der Waals surface area contributed by atoms with Gasteiger partial charge < -0.3 is 0 Å². The lowest BCUT2D eigenvalue weighted by molar-refractivity contribution is 0.579. The van der Waals surface area contributed by atoms with E-state index in [-0.39, 0.29) is 16.6 Å².